The highest BCUT2D eigenvalue weighted by Gasteiger charge is 2.17. The molecular formula is C20H21ClN2O3S. The molecule has 2 heterocycles. The number of rotatable bonds is 6. The Hall–Kier alpha value is -2.18. The van der Waals surface area contributed by atoms with Crippen molar-refractivity contribution in [3.8, 4) is 0 Å². The molecule has 1 aromatic carbocycles. The Morgan fingerprint density at radius 2 is 2.11 bits per heavy atom. The molecule has 2 aromatic heterocycles. The molecule has 0 amide bonds. The number of methoxy groups -OCH3 is 1. The fraction of sp³-hybridized carbons (Fsp3) is 0.350. The number of carbonyl (C=O) groups excluding carboxylic acids is 1. The molecule has 0 spiro atoms. The average Bonchev–Trinajstić information content (AvgIpc) is 2.91. The van der Waals surface area contributed by atoms with Crippen molar-refractivity contribution >= 4 is 39.1 Å². The predicted octanol–water partition coefficient (Wildman–Crippen LogP) is 4.27. The van der Waals surface area contributed by atoms with Crippen LogP contribution in [0, 0.1) is 13.8 Å². The Labute approximate surface area is 166 Å². The van der Waals surface area contributed by atoms with Gasteiger partial charge in [0.05, 0.1) is 12.5 Å². The van der Waals surface area contributed by atoms with Gasteiger partial charge in [0.15, 0.2) is 0 Å². The van der Waals surface area contributed by atoms with Crippen LogP contribution in [0.4, 0.5) is 0 Å². The zero-order chi connectivity index (χ0) is 19.6. The largest absolute Gasteiger partial charge is 0.469 e. The fourth-order valence-corrected chi connectivity index (χ4v) is 4.30. The van der Waals surface area contributed by atoms with Gasteiger partial charge in [0.25, 0.3) is 5.56 Å². The summed E-state index contributed by atoms with van der Waals surface area (Å²) in [4.78, 5) is 31.2. The number of fused-ring (bicyclic) bond motifs is 1. The van der Waals surface area contributed by atoms with E-state index in [2.05, 4.69) is 0 Å². The van der Waals surface area contributed by atoms with Crippen LogP contribution in [-0.2, 0) is 22.5 Å². The van der Waals surface area contributed by atoms with Crippen LogP contribution in [0.5, 0.6) is 0 Å². The van der Waals surface area contributed by atoms with Crippen molar-refractivity contribution in [3.63, 3.8) is 0 Å². The number of carbonyl (C=O) groups is 1. The molecule has 0 radical (unpaired) electrons. The Morgan fingerprint density at radius 1 is 1.33 bits per heavy atom. The molecule has 0 atom stereocenters. The second-order valence-electron chi connectivity index (χ2n) is 6.43. The van der Waals surface area contributed by atoms with E-state index in [0.29, 0.717) is 35.6 Å². The van der Waals surface area contributed by atoms with E-state index in [9.17, 15) is 9.59 Å². The number of hydrogen-bond donors (Lipinski definition) is 0. The van der Waals surface area contributed by atoms with Gasteiger partial charge in [-0.05, 0) is 43.5 Å². The van der Waals surface area contributed by atoms with E-state index in [0.717, 1.165) is 20.8 Å². The van der Waals surface area contributed by atoms with Crippen molar-refractivity contribution in [2.45, 2.75) is 39.7 Å². The second-order valence-corrected chi connectivity index (χ2v) is 8.07. The van der Waals surface area contributed by atoms with Crippen molar-refractivity contribution in [1.29, 1.82) is 0 Å². The molecule has 0 aliphatic carbocycles. The van der Waals surface area contributed by atoms with Gasteiger partial charge in [-0.25, -0.2) is 4.98 Å². The maximum Gasteiger partial charge on any atom is 0.305 e. The molecule has 0 aliphatic rings. The number of esters is 1. The minimum atomic E-state index is -0.281. The zero-order valence-electron chi connectivity index (χ0n) is 15.5. The summed E-state index contributed by atoms with van der Waals surface area (Å²) >= 11 is 7.63. The molecule has 7 heteroatoms. The lowest BCUT2D eigenvalue weighted by atomic mass is 10.1. The summed E-state index contributed by atoms with van der Waals surface area (Å²) in [6.07, 6.45) is 1.28. The monoisotopic (exact) mass is 404 g/mol. The van der Waals surface area contributed by atoms with Gasteiger partial charge in [-0.2, -0.15) is 0 Å². The number of aromatic nitrogens is 2. The summed E-state index contributed by atoms with van der Waals surface area (Å²) in [5.41, 5.74) is 1.91. The van der Waals surface area contributed by atoms with Crippen LogP contribution < -0.4 is 5.56 Å². The van der Waals surface area contributed by atoms with Gasteiger partial charge in [-0.15, -0.1) is 11.3 Å². The van der Waals surface area contributed by atoms with Gasteiger partial charge >= 0.3 is 5.97 Å². The van der Waals surface area contributed by atoms with Gasteiger partial charge in [0.1, 0.15) is 10.7 Å². The van der Waals surface area contributed by atoms with Crippen LogP contribution in [0.15, 0.2) is 29.1 Å². The van der Waals surface area contributed by atoms with Gasteiger partial charge in [0.2, 0.25) is 0 Å². The summed E-state index contributed by atoms with van der Waals surface area (Å²) in [5.74, 6) is 0.400. The van der Waals surface area contributed by atoms with Gasteiger partial charge in [-0.3, -0.25) is 14.2 Å². The molecule has 3 rings (SSSR count). The lowest BCUT2D eigenvalue weighted by Crippen LogP contribution is -2.26. The van der Waals surface area contributed by atoms with Gasteiger partial charge in [-0.1, -0.05) is 23.7 Å². The van der Waals surface area contributed by atoms with E-state index in [4.69, 9.17) is 21.3 Å². The quantitative estimate of drug-likeness (QED) is 0.575. The summed E-state index contributed by atoms with van der Waals surface area (Å²) in [6.45, 7) is 4.37. The van der Waals surface area contributed by atoms with Crippen LogP contribution >= 0.6 is 22.9 Å². The SMILES string of the molecule is COC(=O)CCCn1c(Cc2cccc(Cl)c2)nc2sc(C)c(C)c2c1=O. The van der Waals surface area contributed by atoms with E-state index in [1.807, 2.05) is 38.1 Å². The van der Waals surface area contributed by atoms with E-state index in [-0.39, 0.29) is 17.9 Å². The Morgan fingerprint density at radius 3 is 2.81 bits per heavy atom. The summed E-state index contributed by atoms with van der Waals surface area (Å²) in [6, 6.07) is 7.54. The Balaban J connectivity index is 2.04. The van der Waals surface area contributed by atoms with Crippen LogP contribution in [0.1, 0.15) is 34.7 Å². The number of ether oxygens (including phenoxy) is 1. The van der Waals surface area contributed by atoms with Crippen molar-refractivity contribution in [2.24, 2.45) is 0 Å². The highest BCUT2D eigenvalue weighted by molar-refractivity contribution is 7.18. The van der Waals surface area contributed by atoms with Crippen molar-refractivity contribution in [2.75, 3.05) is 7.11 Å². The number of aryl methyl sites for hydroxylation is 2. The number of hydrogen-bond acceptors (Lipinski definition) is 5. The molecular weight excluding hydrogens is 384 g/mol. The molecule has 27 heavy (non-hydrogen) atoms. The molecule has 0 unspecified atom stereocenters. The molecule has 0 saturated heterocycles. The third-order valence-electron chi connectivity index (χ3n) is 4.61. The molecule has 5 nitrogen and oxygen atoms in total. The van der Waals surface area contributed by atoms with Crippen LogP contribution in [-0.4, -0.2) is 22.6 Å². The third-order valence-corrected chi connectivity index (χ3v) is 5.95. The highest BCUT2D eigenvalue weighted by Crippen LogP contribution is 2.27. The minimum absolute atomic E-state index is 0.0521. The fourth-order valence-electron chi connectivity index (χ4n) is 3.05. The Bertz CT molecular complexity index is 1060. The molecule has 0 saturated carbocycles. The van der Waals surface area contributed by atoms with Gasteiger partial charge < -0.3 is 4.74 Å². The van der Waals surface area contributed by atoms with E-state index in [1.165, 1.54) is 18.4 Å². The first-order chi connectivity index (χ1) is 12.9. The standard InChI is InChI=1S/C20H21ClN2O3S/c1-12-13(2)27-19-18(12)20(25)23(9-5-8-17(24)26-3)16(22-19)11-14-6-4-7-15(21)10-14/h4,6-7,10H,5,8-9,11H2,1-3H3. The van der Waals surface area contributed by atoms with Gasteiger partial charge in [0, 0.05) is 29.3 Å². The predicted molar refractivity (Wildman–Crippen MR) is 109 cm³/mol. The van der Waals surface area contributed by atoms with Crippen molar-refractivity contribution in [1.82, 2.24) is 9.55 Å². The number of halogens is 1. The maximum atomic E-state index is 13.2. The first-order valence-corrected chi connectivity index (χ1v) is 9.90. The maximum absolute atomic E-state index is 13.2. The number of thiophene rings is 1. The van der Waals surface area contributed by atoms with E-state index in [1.54, 1.807) is 4.57 Å². The molecule has 142 valence electrons. The normalized spacial score (nSPS) is 11.1. The Kier molecular flexibility index (Phi) is 5.97. The van der Waals surface area contributed by atoms with Crippen LogP contribution in [0.2, 0.25) is 5.02 Å². The topological polar surface area (TPSA) is 61.2 Å². The van der Waals surface area contributed by atoms with Crippen LogP contribution in [0.3, 0.4) is 0 Å². The van der Waals surface area contributed by atoms with E-state index >= 15 is 0 Å². The first kappa shape index (κ1) is 19.6. The minimum Gasteiger partial charge on any atom is -0.469 e. The zero-order valence-corrected chi connectivity index (χ0v) is 17.1. The van der Waals surface area contributed by atoms with Crippen LogP contribution in [0.25, 0.3) is 10.2 Å². The lowest BCUT2D eigenvalue weighted by Gasteiger charge is -2.13. The summed E-state index contributed by atoms with van der Waals surface area (Å²) in [5, 5.41) is 1.32. The molecule has 3 aromatic rings. The highest BCUT2D eigenvalue weighted by atomic mass is 35.5. The summed E-state index contributed by atoms with van der Waals surface area (Å²) < 4.78 is 6.38. The molecule has 0 N–H and O–H groups in total. The van der Waals surface area contributed by atoms with Crippen molar-refractivity contribution in [3.05, 3.63) is 61.5 Å². The molecule has 0 bridgehead atoms. The molecule has 0 aliphatic heterocycles. The van der Waals surface area contributed by atoms with E-state index < -0.39 is 0 Å². The number of nitrogens with zero attached hydrogens (tertiary/aromatic N) is 2. The molecule has 0 fully saturated rings. The van der Waals surface area contributed by atoms with Crippen molar-refractivity contribution < 1.29 is 9.53 Å². The second kappa shape index (κ2) is 8.23. The smallest absolute Gasteiger partial charge is 0.305 e. The number of benzene rings is 1. The average molecular weight is 405 g/mol. The lowest BCUT2D eigenvalue weighted by molar-refractivity contribution is -0.140. The first-order valence-electron chi connectivity index (χ1n) is 8.71. The summed E-state index contributed by atoms with van der Waals surface area (Å²) in [7, 11) is 1.37. The third kappa shape index (κ3) is 4.22.